The fourth-order valence-corrected chi connectivity index (χ4v) is 1.41. The van der Waals surface area contributed by atoms with E-state index in [1.54, 1.807) is 12.1 Å². The lowest BCUT2D eigenvalue weighted by atomic mass is 9.92. The van der Waals surface area contributed by atoms with E-state index < -0.39 is 4.92 Å². The van der Waals surface area contributed by atoms with Crippen LogP contribution in [0.2, 0.25) is 0 Å². The van der Waals surface area contributed by atoms with Crippen molar-refractivity contribution in [2.24, 2.45) is 5.41 Å². The summed E-state index contributed by atoms with van der Waals surface area (Å²) in [5, 5.41) is 13.3. The quantitative estimate of drug-likeness (QED) is 0.647. The van der Waals surface area contributed by atoms with Gasteiger partial charge in [0.05, 0.1) is 4.92 Å². The van der Waals surface area contributed by atoms with E-state index in [1.807, 2.05) is 20.8 Å². The highest BCUT2D eigenvalue weighted by Crippen LogP contribution is 2.25. The molecule has 0 bridgehead atoms. The molecule has 0 spiro atoms. The van der Waals surface area contributed by atoms with Crippen molar-refractivity contribution in [3.63, 3.8) is 0 Å². The number of carbonyl (C=O) groups is 1. The minimum Gasteiger partial charge on any atom is -0.320 e. The molecule has 5 heteroatoms. The van der Waals surface area contributed by atoms with E-state index in [2.05, 4.69) is 5.32 Å². The van der Waals surface area contributed by atoms with E-state index in [4.69, 9.17) is 0 Å². The number of anilines is 1. The number of nitrogens with zero attached hydrogens (tertiary/aromatic N) is 1. The highest BCUT2D eigenvalue weighted by atomic mass is 16.6. The molecular weight excluding hydrogens is 220 g/mol. The van der Waals surface area contributed by atoms with Gasteiger partial charge in [-0.25, -0.2) is 0 Å². The van der Waals surface area contributed by atoms with Crippen molar-refractivity contribution in [1.29, 1.82) is 0 Å². The molecule has 0 aliphatic carbocycles. The van der Waals surface area contributed by atoms with Gasteiger partial charge in [-0.3, -0.25) is 14.9 Å². The zero-order valence-corrected chi connectivity index (χ0v) is 10.2. The van der Waals surface area contributed by atoms with Gasteiger partial charge in [0.2, 0.25) is 5.91 Å². The van der Waals surface area contributed by atoms with Crippen LogP contribution in [0.15, 0.2) is 24.3 Å². The predicted octanol–water partition coefficient (Wildman–Crippen LogP) is 2.97. The highest BCUT2D eigenvalue weighted by molar-refractivity contribution is 5.93. The van der Waals surface area contributed by atoms with Crippen molar-refractivity contribution in [3.05, 3.63) is 34.4 Å². The molecule has 0 saturated carbocycles. The first-order valence-electron chi connectivity index (χ1n) is 5.33. The summed E-state index contributed by atoms with van der Waals surface area (Å²) in [5.41, 5.74) is 0.00898. The van der Waals surface area contributed by atoms with Gasteiger partial charge in [0.25, 0.3) is 5.69 Å². The van der Waals surface area contributed by atoms with Gasteiger partial charge < -0.3 is 5.32 Å². The molecular formula is C12H16N2O3. The summed E-state index contributed by atoms with van der Waals surface area (Å²) in [6.07, 6.45) is 0.319. The van der Waals surface area contributed by atoms with Gasteiger partial charge in [0.1, 0.15) is 5.69 Å². The number of nitro groups is 1. The fraction of sp³-hybridized carbons (Fsp3) is 0.417. The summed E-state index contributed by atoms with van der Waals surface area (Å²) in [6.45, 7) is 5.81. The zero-order valence-electron chi connectivity index (χ0n) is 10.2. The molecule has 92 valence electrons. The van der Waals surface area contributed by atoms with Crippen molar-refractivity contribution in [1.82, 2.24) is 0 Å². The summed E-state index contributed by atoms with van der Waals surface area (Å²) in [7, 11) is 0. The van der Waals surface area contributed by atoms with E-state index in [-0.39, 0.29) is 22.7 Å². The smallest absolute Gasteiger partial charge is 0.292 e. The van der Waals surface area contributed by atoms with Crippen LogP contribution in [-0.2, 0) is 4.79 Å². The molecule has 5 nitrogen and oxygen atoms in total. The Balaban J connectivity index is 2.82. The van der Waals surface area contributed by atoms with E-state index in [0.717, 1.165) is 0 Å². The number of para-hydroxylation sites is 2. The largest absolute Gasteiger partial charge is 0.320 e. The summed E-state index contributed by atoms with van der Waals surface area (Å²) in [4.78, 5) is 21.9. The molecule has 1 aromatic rings. The predicted molar refractivity (Wildman–Crippen MR) is 65.8 cm³/mol. The number of carbonyl (C=O) groups excluding carboxylic acids is 1. The lowest BCUT2D eigenvalue weighted by Crippen LogP contribution is -2.20. The van der Waals surface area contributed by atoms with Crippen molar-refractivity contribution < 1.29 is 9.72 Å². The van der Waals surface area contributed by atoms with Crippen LogP contribution in [0.4, 0.5) is 11.4 Å². The van der Waals surface area contributed by atoms with Gasteiger partial charge in [-0.1, -0.05) is 32.9 Å². The standard InChI is InChI=1S/C12H16N2O3/c1-12(2,3)8-11(15)13-9-6-4-5-7-10(9)14(16)17/h4-7H,8H2,1-3H3,(H,13,15). The van der Waals surface area contributed by atoms with Crippen LogP contribution in [0.1, 0.15) is 27.2 Å². The van der Waals surface area contributed by atoms with Crippen LogP contribution < -0.4 is 5.32 Å². The van der Waals surface area contributed by atoms with Gasteiger partial charge in [0.15, 0.2) is 0 Å². The number of nitro benzene ring substituents is 1. The average Bonchev–Trinajstić information content (AvgIpc) is 2.14. The summed E-state index contributed by atoms with van der Waals surface area (Å²) >= 11 is 0. The second-order valence-electron chi connectivity index (χ2n) is 5.06. The van der Waals surface area contributed by atoms with Crippen LogP contribution in [0, 0.1) is 15.5 Å². The lowest BCUT2D eigenvalue weighted by molar-refractivity contribution is -0.383. The number of amides is 1. The maximum Gasteiger partial charge on any atom is 0.292 e. The number of nitrogens with one attached hydrogen (secondary N) is 1. The third-order valence-corrected chi connectivity index (χ3v) is 2.07. The SMILES string of the molecule is CC(C)(C)CC(=O)Nc1ccccc1[N+](=O)[O-]. The van der Waals surface area contributed by atoms with Gasteiger partial charge in [0, 0.05) is 12.5 Å². The molecule has 1 aromatic carbocycles. The van der Waals surface area contributed by atoms with Gasteiger partial charge in [-0.15, -0.1) is 0 Å². The van der Waals surface area contributed by atoms with Gasteiger partial charge in [-0.2, -0.15) is 0 Å². The monoisotopic (exact) mass is 236 g/mol. The molecule has 1 N–H and O–H groups in total. The molecule has 0 fully saturated rings. The van der Waals surface area contributed by atoms with Crippen molar-refractivity contribution in [2.45, 2.75) is 27.2 Å². The molecule has 0 aliphatic rings. The van der Waals surface area contributed by atoms with E-state index in [9.17, 15) is 14.9 Å². The molecule has 1 amide bonds. The molecule has 0 atom stereocenters. The van der Waals surface area contributed by atoms with E-state index in [0.29, 0.717) is 6.42 Å². The van der Waals surface area contributed by atoms with Crippen molar-refractivity contribution >= 4 is 17.3 Å². The number of hydrogen-bond donors (Lipinski definition) is 1. The number of rotatable bonds is 3. The summed E-state index contributed by atoms with van der Waals surface area (Å²) < 4.78 is 0. The normalized spacial score (nSPS) is 11.0. The summed E-state index contributed by atoms with van der Waals surface area (Å²) in [6, 6.07) is 6.11. The first kappa shape index (κ1) is 13.2. The molecule has 0 aromatic heterocycles. The van der Waals surface area contributed by atoms with Crippen molar-refractivity contribution in [3.8, 4) is 0 Å². The Morgan fingerprint density at radius 1 is 1.35 bits per heavy atom. The van der Waals surface area contributed by atoms with Crippen LogP contribution in [0.25, 0.3) is 0 Å². The van der Waals surface area contributed by atoms with Gasteiger partial charge in [-0.05, 0) is 11.5 Å². The molecule has 0 heterocycles. The Labute approximate surface area is 100.0 Å². The maximum atomic E-state index is 11.7. The van der Waals surface area contributed by atoms with Crippen LogP contribution >= 0.6 is 0 Å². The van der Waals surface area contributed by atoms with E-state index in [1.165, 1.54) is 12.1 Å². The fourth-order valence-electron chi connectivity index (χ4n) is 1.41. The third-order valence-electron chi connectivity index (χ3n) is 2.07. The number of hydrogen-bond acceptors (Lipinski definition) is 3. The Hall–Kier alpha value is -1.91. The highest BCUT2D eigenvalue weighted by Gasteiger charge is 2.19. The molecule has 17 heavy (non-hydrogen) atoms. The minimum atomic E-state index is -0.507. The van der Waals surface area contributed by atoms with Crippen LogP contribution in [-0.4, -0.2) is 10.8 Å². The Bertz CT molecular complexity index is 436. The Morgan fingerprint density at radius 3 is 2.47 bits per heavy atom. The topological polar surface area (TPSA) is 72.2 Å². The zero-order chi connectivity index (χ0) is 13.1. The first-order valence-corrected chi connectivity index (χ1v) is 5.33. The molecule has 0 unspecified atom stereocenters. The second kappa shape index (κ2) is 4.95. The lowest BCUT2D eigenvalue weighted by Gasteiger charge is -2.17. The van der Waals surface area contributed by atoms with Crippen LogP contribution in [0.3, 0.4) is 0 Å². The maximum absolute atomic E-state index is 11.7. The van der Waals surface area contributed by atoms with Gasteiger partial charge >= 0.3 is 0 Å². The van der Waals surface area contributed by atoms with Crippen molar-refractivity contribution in [2.75, 3.05) is 5.32 Å². The van der Waals surface area contributed by atoms with E-state index >= 15 is 0 Å². The third kappa shape index (κ3) is 4.22. The minimum absolute atomic E-state index is 0.0882. The molecule has 1 rings (SSSR count). The molecule has 0 saturated heterocycles. The molecule has 0 radical (unpaired) electrons. The first-order chi connectivity index (χ1) is 7.79. The number of benzene rings is 1. The molecule has 0 aliphatic heterocycles. The second-order valence-corrected chi connectivity index (χ2v) is 5.06. The Kier molecular flexibility index (Phi) is 3.83. The average molecular weight is 236 g/mol. The van der Waals surface area contributed by atoms with Crippen LogP contribution in [0.5, 0.6) is 0 Å². The Morgan fingerprint density at radius 2 is 1.94 bits per heavy atom. The summed E-state index contributed by atoms with van der Waals surface area (Å²) in [5.74, 6) is -0.216.